The Labute approximate surface area is 140 Å². The lowest BCUT2D eigenvalue weighted by molar-refractivity contribution is -0.121. The zero-order valence-corrected chi connectivity index (χ0v) is 13.3. The normalized spacial score (nSPS) is 16.9. The van der Waals surface area contributed by atoms with Gasteiger partial charge in [-0.25, -0.2) is 0 Å². The first kappa shape index (κ1) is 13.4. The third-order valence-corrected chi connectivity index (χ3v) is 5.03. The van der Waals surface area contributed by atoms with Gasteiger partial charge in [0.1, 0.15) is 0 Å². The molecule has 0 saturated carbocycles. The van der Waals surface area contributed by atoms with Crippen LogP contribution in [0.1, 0.15) is 12.5 Å². The Hall–Kier alpha value is -3.01. The van der Waals surface area contributed by atoms with E-state index < -0.39 is 5.66 Å². The molecule has 1 amide bonds. The van der Waals surface area contributed by atoms with Crippen molar-refractivity contribution < 1.29 is 4.79 Å². The number of hydrogen-bond donors (Lipinski definition) is 2. The van der Waals surface area contributed by atoms with E-state index in [4.69, 9.17) is 0 Å². The fourth-order valence-corrected chi connectivity index (χ4v) is 3.99. The fourth-order valence-electron chi connectivity index (χ4n) is 3.99. The molecule has 2 heterocycles. The molecular formula is C20H17N3O. The van der Waals surface area contributed by atoms with Crippen LogP contribution < -0.4 is 15.5 Å². The molecule has 4 nitrogen and oxygen atoms in total. The van der Waals surface area contributed by atoms with E-state index in [0.717, 1.165) is 33.4 Å². The van der Waals surface area contributed by atoms with E-state index >= 15 is 0 Å². The molecule has 0 radical (unpaired) electrons. The number of nitrogens with zero attached hydrogens (tertiary/aromatic N) is 1. The van der Waals surface area contributed by atoms with Crippen LogP contribution in [0, 0.1) is 0 Å². The van der Waals surface area contributed by atoms with Crippen LogP contribution in [0.25, 0.3) is 10.8 Å². The highest BCUT2D eigenvalue weighted by molar-refractivity contribution is 6.16. The summed E-state index contributed by atoms with van der Waals surface area (Å²) in [4.78, 5) is 15.1. The summed E-state index contributed by atoms with van der Waals surface area (Å²) in [5.74, 6) is 0.0395. The molecule has 0 aromatic heterocycles. The molecule has 5 rings (SSSR count). The van der Waals surface area contributed by atoms with Gasteiger partial charge in [0, 0.05) is 28.9 Å². The summed E-state index contributed by atoms with van der Waals surface area (Å²) in [5, 5.41) is 9.30. The van der Waals surface area contributed by atoms with E-state index in [-0.39, 0.29) is 5.91 Å². The van der Waals surface area contributed by atoms with Gasteiger partial charge in [-0.1, -0.05) is 42.5 Å². The van der Waals surface area contributed by atoms with Gasteiger partial charge in [-0.05, 0) is 30.5 Å². The van der Waals surface area contributed by atoms with Crippen molar-refractivity contribution in [3.8, 4) is 0 Å². The number of para-hydroxylation sites is 1. The quantitative estimate of drug-likeness (QED) is 0.716. The number of benzene rings is 3. The van der Waals surface area contributed by atoms with Crippen molar-refractivity contribution in [2.45, 2.75) is 12.6 Å². The van der Waals surface area contributed by atoms with Crippen molar-refractivity contribution in [1.29, 1.82) is 0 Å². The molecule has 24 heavy (non-hydrogen) atoms. The van der Waals surface area contributed by atoms with E-state index in [0.29, 0.717) is 6.54 Å². The molecule has 2 aliphatic rings. The molecule has 0 saturated heterocycles. The van der Waals surface area contributed by atoms with Crippen LogP contribution in [-0.4, -0.2) is 12.5 Å². The van der Waals surface area contributed by atoms with Gasteiger partial charge >= 0.3 is 0 Å². The molecule has 3 aromatic carbocycles. The predicted molar refractivity (Wildman–Crippen MR) is 97.3 cm³/mol. The Balaban J connectivity index is 1.78. The topological polar surface area (TPSA) is 44.4 Å². The summed E-state index contributed by atoms with van der Waals surface area (Å²) < 4.78 is 0. The number of nitrogens with one attached hydrogen (secondary N) is 2. The third kappa shape index (κ3) is 1.50. The molecule has 0 aliphatic carbocycles. The Bertz CT molecular complexity index is 954. The average molecular weight is 315 g/mol. The molecule has 3 aromatic rings. The lowest BCUT2D eigenvalue weighted by Crippen LogP contribution is -2.53. The number of amides is 1. The van der Waals surface area contributed by atoms with Gasteiger partial charge in [-0.2, -0.15) is 0 Å². The highest BCUT2D eigenvalue weighted by Crippen LogP contribution is 2.47. The van der Waals surface area contributed by atoms with Crippen LogP contribution in [0.3, 0.4) is 0 Å². The highest BCUT2D eigenvalue weighted by atomic mass is 16.2. The Morgan fingerprint density at radius 3 is 2.25 bits per heavy atom. The van der Waals surface area contributed by atoms with Crippen LogP contribution >= 0.6 is 0 Å². The number of carbonyl (C=O) groups is 1. The maximum atomic E-state index is 13.3. The largest absolute Gasteiger partial charge is 0.351 e. The van der Waals surface area contributed by atoms with Crippen LogP contribution in [-0.2, 0) is 10.5 Å². The van der Waals surface area contributed by atoms with Gasteiger partial charge in [-0.15, -0.1) is 0 Å². The minimum absolute atomic E-state index is 0.0395. The summed E-state index contributed by atoms with van der Waals surface area (Å²) >= 11 is 0. The van der Waals surface area contributed by atoms with Crippen molar-refractivity contribution in [3.63, 3.8) is 0 Å². The summed E-state index contributed by atoms with van der Waals surface area (Å²) in [6.07, 6.45) is 0. The van der Waals surface area contributed by atoms with Gasteiger partial charge < -0.3 is 15.5 Å². The van der Waals surface area contributed by atoms with Gasteiger partial charge in [0.25, 0.3) is 5.91 Å². The summed E-state index contributed by atoms with van der Waals surface area (Å²) in [5.41, 5.74) is 2.99. The SMILES string of the molecule is CCN1C(=O)C2(Nc3cccc4cccc(c34)N2)c2ccccc21. The molecule has 118 valence electrons. The molecule has 0 bridgehead atoms. The van der Waals surface area contributed by atoms with Crippen molar-refractivity contribution in [2.75, 3.05) is 22.1 Å². The molecule has 2 N–H and O–H groups in total. The Kier molecular flexibility index (Phi) is 2.52. The minimum Gasteiger partial charge on any atom is -0.351 e. The number of hydrogen-bond acceptors (Lipinski definition) is 3. The van der Waals surface area contributed by atoms with E-state index in [9.17, 15) is 4.79 Å². The first-order chi connectivity index (χ1) is 11.7. The first-order valence-electron chi connectivity index (χ1n) is 8.24. The zero-order valence-electron chi connectivity index (χ0n) is 13.3. The number of rotatable bonds is 1. The number of carbonyl (C=O) groups excluding carboxylic acids is 1. The summed E-state index contributed by atoms with van der Waals surface area (Å²) in [7, 11) is 0. The minimum atomic E-state index is -0.935. The average Bonchev–Trinajstić information content (AvgIpc) is 2.84. The van der Waals surface area contributed by atoms with Crippen molar-refractivity contribution in [1.82, 2.24) is 0 Å². The van der Waals surface area contributed by atoms with Gasteiger partial charge in [0.2, 0.25) is 5.66 Å². The van der Waals surface area contributed by atoms with E-state index in [1.807, 2.05) is 60.4 Å². The van der Waals surface area contributed by atoms with E-state index in [2.05, 4.69) is 22.8 Å². The van der Waals surface area contributed by atoms with E-state index in [1.165, 1.54) is 0 Å². The maximum absolute atomic E-state index is 13.3. The number of likely N-dealkylation sites (N-methyl/N-ethyl adjacent to an activating group) is 1. The second-order valence-corrected chi connectivity index (χ2v) is 6.28. The van der Waals surface area contributed by atoms with Crippen molar-refractivity contribution in [3.05, 3.63) is 66.2 Å². The van der Waals surface area contributed by atoms with Gasteiger partial charge in [-0.3, -0.25) is 4.79 Å². The summed E-state index contributed by atoms with van der Waals surface area (Å²) in [6.45, 7) is 2.65. The van der Waals surface area contributed by atoms with Crippen LogP contribution in [0.5, 0.6) is 0 Å². The van der Waals surface area contributed by atoms with E-state index in [1.54, 1.807) is 0 Å². The van der Waals surface area contributed by atoms with Gasteiger partial charge in [0.15, 0.2) is 0 Å². The van der Waals surface area contributed by atoms with Crippen LogP contribution in [0.4, 0.5) is 17.1 Å². The first-order valence-corrected chi connectivity index (χ1v) is 8.24. The Morgan fingerprint density at radius 2 is 1.58 bits per heavy atom. The van der Waals surface area contributed by atoms with Crippen molar-refractivity contribution >= 4 is 33.7 Å². The van der Waals surface area contributed by atoms with Crippen molar-refractivity contribution in [2.24, 2.45) is 0 Å². The number of fused-ring (bicyclic) bond motifs is 2. The molecule has 0 atom stereocenters. The smallest absolute Gasteiger partial charge is 0.278 e. The maximum Gasteiger partial charge on any atom is 0.278 e. The lowest BCUT2D eigenvalue weighted by atomic mass is 9.94. The summed E-state index contributed by atoms with van der Waals surface area (Å²) in [6, 6.07) is 20.3. The molecule has 1 spiro atoms. The van der Waals surface area contributed by atoms with Crippen LogP contribution in [0.2, 0.25) is 0 Å². The lowest BCUT2D eigenvalue weighted by Gasteiger charge is -2.37. The monoisotopic (exact) mass is 315 g/mol. The second-order valence-electron chi connectivity index (χ2n) is 6.28. The molecule has 0 unspecified atom stereocenters. The molecule has 2 aliphatic heterocycles. The third-order valence-electron chi connectivity index (χ3n) is 5.03. The molecular weight excluding hydrogens is 298 g/mol. The van der Waals surface area contributed by atoms with Gasteiger partial charge in [0.05, 0.1) is 5.69 Å². The standard InChI is InChI=1S/C20H17N3O/c1-2-23-17-12-4-3-9-14(17)20(19(23)24)21-15-10-5-7-13-8-6-11-16(22-20)18(13)15/h3-12,21-22H,2H2,1H3. The highest BCUT2D eigenvalue weighted by Gasteiger charge is 2.52. The predicted octanol–water partition coefficient (Wildman–Crippen LogP) is 3.90. The fraction of sp³-hybridized carbons (Fsp3) is 0.150. The molecule has 4 heteroatoms. The van der Waals surface area contributed by atoms with Crippen LogP contribution in [0.15, 0.2) is 60.7 Å². The zero-order chi connectivity index (χ0) is 16.3. The Morgan fingerprint density at radius 1 is 0.917 bits per heavy atom. The number of anilines is 3. The second kappa shape index (κ2) is 4.51. The molecule has 0 fully saturated rings.